The largest absolute Gasteiger partial charge is 0.450 e. The Morgan fingerprint density at radius 2 is 1.95 bits per heavy atom. The van der Waals surface area contributed by atoms with Crippen LogP contribution < -0.4 is 0 Å². The molecule has 4 nitrogen and oxygen atoms in total. The van der Waals surface area contributed by atoms with Crippen molar-refractivity contribution in [2.45, 2.75) is 19.8 Å². The van der Waals surface area contributed by atoms with Crippen LogP contribution in [0.4, 0.5) is 4.79 Å². The second-order valence-electron chi connectivity index (χ2n) is 5.12. The molecule has 1 aliphatic rings. The van der Waals surface area contributed by atoms with Crippen LogP contribution in [0.1, 0.15) is 18.9 Å². The Bertz CT molecular complexity index is 408. The molecule has 2 rings (SSSR count). The average molecular weight is 276 g/mol. The van der Waals surface area contributed by atoms with Crippen LogP contribution in [0.25, 0.3) is 0 Å². The van der Waals surface area contributed by atoms with E-state index in [1.165, 1.54) is 5.56 Å². The molecule has 4 heteroatoms. The Morgan fingerprint density at radius 3 is 2.70 bits per heavy atom. The van der Waals surface area contributed by atoms with Crippen LogP contribution in [0.3, 0.4) is 0 Å². The van der Waals surface area contributed by atoms with Gasteiger partial charge in [0, 0.05) is 26.2 Å². The Labute approximate surface area is 121 Å². The summed E-state index contributed by atoms with van der Waals surface area (Å²) >= 11 is 0. The minimum absolute atomic E-state index is 0.169. The van der Waals surface area contributed by atoms with Gasteiger partial charge >= 0.3 is 6.09 Å². The van der Waals surface area contributed by atoms with Crippen molar-refractivity contribution < 1.29 is 9.53 Å². The predicted molar refractivity (Wildman–Crippen MR) is 79.8 cm³/mol. The van der Waals surface area contributed by atoms with Crippen molar-refractivity contribution in [2.24, 2.45) is 0 Å². The molecule has 1 heterocycles. The summed E-state index contributed by atoms with van der Waals surface area (Å²) in [6.07, 6.45) is 1.92. The number of carbonyl (C=O) groups excluding carboxylic acids is 1. The number of hydrogen-bond acceptors (Lipinski definition) is 3. The molecule has 0 aliphatic carbocycles. The van der Waals surface area contributed by atoms with Crippen LogP contribution in [-0.4, -0.2) is 55.2 Å². The molecule has 0 saturated carbocycles. The molecule has 1 aliphatic heterocycles. The highest BCUT2D eigenvalue weighted by molar-refractivity contribution is 5.67. The lowest BCUT2D eigenvalue weighted by atomic mass is 10.1. The molecule has 1 aromatic rings. The molecule has 0 radical (unpaired) electrons. The van der Waals surface area contributed by atoms with E-state index in [0.29, 0.717) is 6.61 Å². The van der Waals surface area contributed by atoms with Gasteiger partial charge in [0.15, 0.2) is 0 Å². The number of benzene rings is 1. The summed E-state index contributed by atoms with van der Waals surface area (Å²) in [5, 5.41) is 0. The summed E-state index contributed by atoms with van der Waals surface area (Å²) in [4.78, 5) is 16.0. The standard InChI is InChI=1S/C16H24N2O2/c1-2-20-16(19)18-11-6-10-17(13-14-18)12-9-15-7-4-3-5-8-15/h3-5,7-8H,2,6,9-14H2,1H3. The fraction of sp³-hybridized carbons (Fsp3) is 0.562. The van der Waals surface area contributed by atoms with Crippen LogP contribution in [0.15, 0.2) is 30.3 Å². The summed E-state index contributed by atoms with van der Waals surface area (Å²) in [6, 6.07) is 10.6. The quantitative estimate of drug-likeness (QED) is 0.846. The lowest BCUT2D eigenvalue weighted by molar-refractivity contribution is 0.108. The molecule has 0 N–H and O–H groups in total. The van der Waals surface area contributed by atoms with Gasteiger partial charge in [0.05, 0.1) is 6.61 Å². The third kappa shape index (κ3) is 4.53. The fourth-order valence-electron chi connectivity index (χ4n) is 2.52. The third-order valence-corrected chi connectivity index (χ3v) is 3.67. The van der Waals surface area contributed by atoms with E-state index in [0.717, 1.165) is 45.6 Å². The number of amides is 1. The highest BCUT2D eigenvalue weighted by Crippen LogP contribution is 2.07. The first-order valence-electron chi connectivity index (χ1n) is 7.47. The summed E-state index contributed by atoms with van der Waals surface area (Å²) in [7, 11) is 0. The maximum absolute atomic E-state index is 11.7. The molecule has 0 spiro atoms. The number of ether oxygens (including phenoxy) is 1. The zero-order chi connectivity index (χ0) is 14.2. The molecule has 110 valence electrons. The Kier molecular flexibility index (Phi) is 5.87. The van der Waals surface area contributed by atoms with Gasteiger partial charge in [-0.1, -0.05) is 30.3 Å². The van der Waals surface area contributed by atoms with Gasteiger partial charge in [-0.25, -0.2) is 4.79 Å². The van der Waals surface area contributed by atoms with Crippen molar-refractivity contribution >= 4 is 6.09 Å². The van der Waals surface area contributed by atoms with Crippen molar-refractivity contribution in [3.63, 3.8) is 0 Å². The molecule has 0 unspecified atom stereocenters. The first-order valence-corrected chi connectivity index (χ1v) is 7.47. The van der Waals surface area contributed by atoms with E-state index in [-0.39, 0.29) is 6.09 Å². The van der Waals surface area contributed by atoms with Crippen molar-refractivity contribution in [1.82, 2.24) is 9.80 Å². The van der Waals surface area contributed by atoms with E-state index >= 15 is 0 Å². The van der Waals surface area contributed by atoms with Crippen LogP contribution in [0.5, 0.6) is 0 Å². The van der Waals surface area contributed by atoms with Gasteiger partial charge in [0.25, 0.3) is 0 Å². The first-order chi connectivity index (χ1) is 9.79. The van der Waals surface area contributed by atoms with E-state index in [1.54, 1.807) is 0 Å². The maximum Gasteiger partial charge on any atom is 0.409 e. The number of carbonyl (C=O) groups is 1. The highest BCUT2D eigenvalue weighted by atomic mass is 16.6. The summed E-state index contributed by atoms with van der Waals surface area (Å²) in [5.41, 5.74) is 1.37. The summed E-state index contributed by atoms with van der Waals surface area (Å²) < 4.78 is 5.07. The molecule has 1 aromatic carbocycles. The molecular formula is C16H24N2O2. The van der Waals surface area contributed by atoms with Gasteiger partial charge in [0.2, 0.25) is 0 Å². The van der Waals surface area contributed by atoms with Gasteiger partial charge in [0.1, 0.15) is 0 Å². The smallest absolute Gasteiger partial charge is 0.409 e. The predicted octanol–water partition coefficient (Wildman–Crippen LogP) is 2.39. The third-order valence-electron chi connectivity index (χ3n) is 3.67. The van der Waals surface area contributed by atoms with Gasteiger partial charge in [-0.2, -0.15) is 0 Å². The fourth-order valence-corrected chi connectivity index (χ4v) is 2.52. The van der Waals surface area contributed by atoms with Crippen LogP contribution >= 0.6 is 0 Å². The van der Waals surface area contributed by atoms with Crippen molar-refractivity contribution in [2.75, 3.05) is 39.3 Å². The zero-order valence-corrected chi connectivity index (χ0v) is 12.3. The van der Waals surface area contributed by atoms with Crippen molar-refractivity contribution in [1.29, 1.82) is 0 Å². The monoisotopic (exact) mass is 276 g/mol. The van der Waals surface area contributed by atoms with Gasteiger partial charge in [-0.3, -0.25) is 0 Å². The van der Waals surface area contributed by atoms with Crippen molar-refractivity contribution in [3.8, 4) is 0 Å². The molecule has 0 aromatic heterocycles. The van der Waals surface area contributed by atoms with E-state index in [9.17, 15) is 4.79 Å². The minimum Gasteiger partial charge on any atom is -0.450 e. The van der Waals surface area contributed by atoms with E-state index in [4.69, 9.17) is 4.74 Å². The van der Waals surface area contributed by atoms with E-state index < -0.39 is 0 Å². The number of hydrogen-bond donors (Lipinski definition) is 0. The van der Waals surface area contributed by atoms with Crippen LogP contribution in [0.2, 0.25) is 0 Å². The van der Waals surface area contributed by atoms with Gasteiger partial charge < -0.3 is 14.5 Å². The molecule has 20 heavy (non-hydrogen) atoms. The number of rotatable bonds is 4. The molecular weight excluding hydrogens is 252 g/mol. The van der Waals surface area contributed by atoms with Gasteiger partial charge in [-0.15, -0.1) is 0 Å². The lowest BCUT2D eigenvalue weighted by Gasteiger charge is -2.21. The second-order valence-corrected chi connectivity index (χ2v) is 5.12. The number of nitrogens with zero attached hydrogens (tertiary/aromatic N) is 2. The second kappa shape index (κ2) is 7.90. The molecule has 1 amide bonds. The first kappa shape index (κ1) is 14.9. The summed E-state index contributed by atoms with van der Waals surface area (Å²) in [6.45, 7) is 6.93. The lowest BCUT2D eigenvalue weighted by Crippen LogP contribution is -2.36. The molecule has 0 bridgehead atoms. The molecule has 1 fully saturated rings. The van der Waals surface area contributed by atoms with Gasteiger partial charge in [-0.05, 0) is 31.9 Å². The van der Waals surface area contributed by atoms with Crippen LogP contribution in [-0.2, 0) is 11.2 Å². The molecule has 0 atom stereocenters. The average Bonchev–Trinajstić information content (AvgIpc) is 2.72. The summed E-state index contributed by atoms with van der Waals surface area (Å²) in [5.74, 6) is 0. The van der Waals surface area contributed by atoms with E-state index in [1.807, 2.05) is 17.9 Å². The normalized spacial score (nSPS) is 16.8. The SMILES string of the molecule is CCOC(=O)N1CCCN(CCc2ccccc2)CC1. The highest BCUT2D eigenvalue weighted by Gasteiger charge is 2.19. The zero-order valence-electron chi connectivity index (χ0n) is 12.3. The maximum atomic E-state index is 11.7. The van der Waals surface area contributed by atoms with Crippen LogP contribution in [0, 0.1) is 0 Å². The Hall–Kier alpha value is -1.55. The Morgan fingerprint density at radius 1 is 1.15 bits per heavy atom. The van der Waals surface area contributed by atoms with Crippen molar-refractivity contribution in [3.05, 3.63) is 35.9 Å². The molecule has 1 saturated heterocycles. The van der Waals surface area contributed by atoms with E-state index in [2.05, 4.69) is 29.2 Å². The Balaban J connectivity index is 1.76. The topological polar surface area (TPSA) is 32.8 Å². The minimum atomic E-state index is -0.169.